The first-order valence-electron chi connectivity index (χ1n) is 10.9. The Balaban J connectivity index is 1.59. The fourth-order valence-electron chi connectivity index (χ4n) is 4.65. The molecule has 1 aliphatic heterocycles. The zero-order chi connectivity index (χ0) is 22.4. The number of hydrogen-bond acceptors (Lipinski definition) is 4. The zero-order valence-electron chi connectivity index (χ0n) is 18.1. The Bertz CT molecular complexity index is 1240. The number of hydrogen-bond donors (Lipinski definition) is 0. The molecule has 0 unspecified atom stereocenters. The number of fused-ring (bicyclic) bond motifs is 2. The molecule has 164 valence electrons. The number of aryl methyl sites for hydroxylation is 2. The monoisotopic (exact) mass is 434 g/mol. The average molecular weight is 434 g/mol. The van der Waals surface area contributed by atoms with Crippen LogP contribution in [0.4, 0.5) is 20.3 Å². The second-order valence-corrected chi connectivity index (χ2v) is 8.30. The molecule has 0 bridgehead atoms. The third-order valence-corrected chi connectivity index (χ3v) is 6.26. The summed E-state index contributed by atoms with van der Waals surface area (Å²) in [5.41, 5.74) is 5.40. The first-order chi connectivity index (χ1) is 15.5. The van der Waals surface area contributed by atoms with Gasteiger partial charge in [-0.05, 0) is 54.2 Å². The summed E-state index contributed by atoms with van der Waals surface area (Å²) < 4.78 is 29.8. The third-order valence-electron chi connectivity index (χ3n) is 6.26. The summed E-state index contributed by atoms with van der Waals surface area (Å²) in [6, 6.07) is 7.40. The fourth-order valence-corrected chi connectivity index (χ4v) is 4.65. The molecule has 0 radical (unpaired) electrons. The summed E-state index contributed by atoms with van der Waals surface area (Å²) in [5, 5.41) is 4.15. The van der Waals surface area contributed by atoms with Crippen molar-refractivity contribution in [2.24, 2.45) is 7.05 Å². The van der Waals surface area contributed by atoms with Crippen molar-refractivity contribution in [1.82, 2.24) is 14.8 Å². The predicted molar refractivity (Wildman–Crippen MR) is 120 cm³/mol. The maximum absolute atomic E-state index is 14.1. The van der Waals surface area contributed by atoms with Crippen LogP contribution in [-0.2, 0) is 24.7 Å². The smallest absolute Gasteiger partial charge is 0.264 e. The number of aromatic nitrogens is 3. The maximum Gasteiger partial charge on any atom is 0.264 e. The number of halogens is 2. The number of allylic oxidation sites excluding steroid dienone is 2. The molecule has 1 aromatic carbocycles. The third kappa shape index (κ3) is 3.42. The van der Waals surface area contributed by atoms with Crippen LogP contribution in [0.5, 0.6) is 0 Å². The Kier molecular flexibility index (Phi) is 5.12. The molecule has 3 aromatic rings. The van der Waals surface area contributed by atoms with E-state index in [0.29, 0.717) is 41.9 Å². The van der Waals surface area contributed by atoms with Crippen molar-refractivity contribution >= 4 is 22.9 Å². The summed E-state index contributed by atoms with van der Waals surface area (Å²) in [4.78, 5) is 19.2. The van der Waals surface area contributed by atoms with Crippen molar-refractivity contribution < 1.29 is 13.6 Å². The fraction of sp³-hybridized carbons (Fsp3) is 0.320. The minimum absolute atomic E-state index is 0.00782. The predicted octanol–water partition coefficient (Wildman–Crippen LogP) is 5.42. The molecule has 2 aromatic heterocycles. The van der Waals surface area contributed by atoms with Gasteiger partial charge in [-0.3, -0.25) is 9.48 Å². The lowest BCUT2D eigenvalue weighted by Crippen LogP contribution is -2.26. The summed E-state index contributed by atoms with van der Waals surface area (Å²) in [7, 11) is 1.77. The van der Waals surface area contributed by atoms with Gasteiger partial charge < -0.3 is 4.90 Å². The van der Waals surface area contributed by atoms with E-state index in [1.165, 1.54) is 0 Å². The van der Waals surface area contributed by atoms with E-state index in [2.05, 4.69) is 5.10 Å². The number of rotatable bonds is 5. The van der Waals surface area contributed by atoms with E-state index in [0.717, 1.165) is 35.3 Å². The van der Waals surface area contributed by atoms with Crippen LogP contribution in [0.1, 0.15) is 48.6 Å². The van der Waals surface area contributed by atoms with Gasteiger partial charge >= 0.3 is 0 Å². The highest BCUT2D eigenvalue weighted by molar-refractivity contribution is 6.21. The lowest BCUT2D eigenvalue weighted by atomic mass is 9.93. The van der Waals surface area contributed by atoms with Gasteiger partial charge in [-0.15, -0.1) is 0 Å². The molecule has 0 fully saturated rings. The number of anilines is 2. The van der Waals surface area contributed by atoms with E-state index in [1.54, 1.807) is 30.2 Å². The average Bonchev–Trinajstić information content (AvgIpc) is 3.43. The topological polar surface area (TPSA) is 51.0 Å². The highest BCUT2D eigenvalue weighted by Crippen LogP contribution is 2.41. The van der Waals surface area contributed by atoms with Crippen molar-refractivity contribution in [3.63, 3.8) is 0 Å². The highest BCUT2D eigenvalue weighted by atomic mass is 19.3. The van der Waals surface area contributed by atoms with Crippen molar-refractivity contribution in [3.8, 4) is 11.1 Å². The first-order valence-corrected chi connectivity index (χ1v) is 10.9. The molecule has 0 saturated carbocycles. The van der Waals surface area contributed by atoms with Crippen molar-refractivity contribution in [1.29, 1.82) is 0 Å². The second-order valence-electron chi connectivity index (χ2n) is 8.30. The number of ketones is 1. The minimum atomic E-state index is -2.61. The summed E-state index contributed by atoms with van der Waals surface area (Å²) in [5.74, 6) is 0.768. The minimum Gasteiger partial charge on any atom is -0.326 e. The quantitative estimate of drug-likeness (QED) is 0.538. The van der Waals surface area contributed by atoms with Crippen LogP contribution in [-0.4, -0.2) is 27.1 Å². The number of nitrogens with zero attached hydrogens (tertiary/aromatic N) is 4. The Morgan fingerprint density at radius 1 is 1.22 bits per heavy atom. The number of benzene rings is 1. The largest absolute Gasteiger partial charge is 0.326 e. The molecule has 3 heterocycles. The SMILES string of the molecule is CCC(=O)C1=CCc2ccc(N3CCCc4cc(-c5cnn(C)c5)c(C(F)F)cc43)nc21. The van der Waals surface area contributed by atoms with Gasteiger partial charge in [-0.25, -0.2) is 13.8 Å². The van der Waals surface area contributed by atoms with Gasteiger partial charge in [0.05, 0.1) is 11.9 Å². The van der Waals surface area contributed by atoms with Crippen LogP contribution in [0.3, 0.4) is 0 Å². The molecule has 0 spiro atoms. The summed E-state index contributed by atoms with van der Waals surface area (Å²) in [6.07, 6.45) is 5.54. The van der Waals surface area contributed by atoms with Gasteiger partial charge in [0.2, 0.25) is 0 Å². The number of pyridine rings is 1. The Labute approximate surface area is 185 Å². The van der Waals surface area contributed by atoms with Crippen LogP contribution in [0, 0.1) is 0 Å². The van der Waals surface area contributed by atoms with E-state index < -0.39 is 6.43 Å². The molecule has 5 rings (SSSR count). The molecule has 5 nitrogen and oxygen atoms in total. The van der Waals surface area contributed by atoms with E-state index in [-0.39, 0.29) is 11.3 Å². The summed E-state index contributed by atoms with van der Waals surface area (Å²) in [6.45, 7) is 2.53. The Morgan fingerprint density at radius 2 is 2.06 bits per heavy atom. The van der Waals surface area contributed by atoms with Gasteiger partial charge in [0.15, 0.2) is 5.78 Å². The number of carbonyl (C=O) groups excluding carboxylic acids is 1. The molecule has 32 heavy (non-hydrogen) atoms. The molecular formula is C25H24F2N4O. The molecule has 2 aliphatic rings. The molecule has 0 atom stereocenters. The zero-order valence-corrected chi connectivity index (χ0v) is 18.1. The standard InChI is InChI=1S/C25H24F2N4O/c1-3-22(32)18-8-6-15-7-9-23(29-24(15)18)31-10-4-5-16-11-19(17-13-28-30(2)14-17)20(25(26)27)12-21(16)31/h7-9,11-14,25H,3-6,10H2,1-2H3. The van der Waals surface area contributed by atoms with Gasteiger partial charge in [0.25, 0.3) is 6.43 Å². The molecule has 0 amide bonds. The number of carbonyl (C=O) groups is 1. The van der Waals surface area contributed by atoms with Crippen LogP contribution < -0.4 is 4.90 Å². The van der Waals surface area contributed by atoms with E-state index >= 15 is 0 Å². The van der Waals surface area contributed by atoms with Crippen molar-refractivity contribution in [3.05, 3.63) is 65.1 Å². The normalized spacial score (nSPS) is 15.0. The maximum atomic E-state index is 14.1. The van der Waals surface area contributed by atoms with Gasteiger partial charge in [-0.1, -0.05) is 19.1 Å². The van der Waals surface area contributed by atoms with Crippen LogP contribution in [0.2, 0.25) is 0 Å². The van der Waals surface area contributed by atoms with Gasteiger partial charge in [0, 0.05) is 48.6 Å². The molecule has 0 saturated heterocycles. The second kappa shape index (κ2) is 7.97. The van der Waals surface area contributed by atoms with Gasteiger partial charge in [-0.2, -0.15) is 5.10 Å². The first kappa shape index (κ1) is 20.5. The lowest BCUT2D eigenvalue weighted by molar-refractivity contribution is -0.113. The summed E-state index contributed by atoms with van der Waals surface area (Å²) >= 11 is 0. The lowest BCUT2D eigenvalue weighted by Gasteiger charge is -2.32. The molecular weight excluding hydrogens is 410 g/mol. The Morgan fingerprint density at radius 3 is 2.78 bits per heavy atom. The van der Waals surface area contributed by atoms with E-state index in [4.69, 9.17) is 4.98 Å². The molecule has 7 heteroatoms. The van der Waals surface area contributed by atoms with E-state index in [1.807, 2.05) is 36.1 Å². The van der Waals surface area contributed by atoms with Crippen molar-refractivity contribution in [2.75, 3.05) is 11.4 Å². The van der Waals surface area contributed by atoms with Crippen molar-refractivity contribution in [2.45, 2.75) is 39.0 Å². The van der Waals surface area contributed by atoms with Gasteiger partial charge in [0.1, 0.15) is 5.82 Å². The molecule has 0 N–H and O–H groups in total. The van der Waals surface area contributed by atoms with Crippen LogP contribution in [0.25, 0.3) is 16.7 Å². The molecule has 1 aliphatic carbocycles. The highest BCUT2D eigenvalue weighted by Gasteiger charge is 2.27. The van der Waals surface area contributed by atoms with E-state index in [9.17, 15) is 13.6 Å². The number of alkyl halides is 2. The Hall–Kier alpha value is -3.35. The number of Topliss-reactive ketones (excluding diaryl/α,β-unsaturated/α-hetero) is 1. The van der Waals surface area contributed by atoms with Crippen LogP contribution >= 0.6 is 0 Å². The van der Waals surface area contributed by atoms with Crippen LogP contribution in [0.15, 0.2) is 42.7 Å².